The molecule has 1 aromatic heterocycles. The van der Waals surface area contributed by atoms with E-state index in [1.165, 1.54) is 18.9 Å². The van der Waals surface area contributed by atoms with Crippen LogP contribution in [-0.2, 0) is 16.1 Å². The molecular weight excluding hydrogens is 486 g/mol. The predicted molar refractivity (Wildman–Crippen MR) is 138 cm³/mol. The predicted octanol–water partition coefficient (Wildman–Crippen LogP) is 3.55. The van der Waals surface area contributed by atoms with Gasteiger partial charge in [-0.25, -0.2) is 0 Å². The molecule has 1 saturated heterocycles. The van der Waals surface area contributed by atoms with Crippen molar-refractivity contribution in [3.05, 3.63) is 67.3 Å². The van der Waals surface area contributed by atoms with Gasteiger partial charge in [-0.3, -0.25) is 23.9 Å². The van der Waals surface area contributed by atoms with Gasteiger partial charge >= 0.3 is 0 Å². The normalized spacial score (nSPS) is 14.6. The second kappa shape index (κ2) is 11.4. The zero-order valence-electron chi connectivity index (χ0n) is 19.7. The van der Waals surface area contributed by atoms with E-state index in [4.69, 9.17) is 17.0 Å². The number of aryl methyl sites for hydroxylation is 1. The molecule has 1 aliphatic rings. The lowest BCUT2D eigenvalue weighted by molar-refractivity contribution is -0.122. The number of carbonyl (C=O) groups is 2. The van der Waals surface area contributed by atoms with E-state index >= 15 is 0 Å². The molecule has 0 atom stereocenters. The molecule has 2 aromatic rings. The Kier molecular flexibility index (Phi) is 8.62. The Hall–Kier alpha value is -3.26. The number of carbonyl (C=O) groups excluding carboxylic acids is 2. The molecule has 1 N–H and O–H groups in total. The molecule has 8 nitrogen and oxygen atoms in total. The van der Waals surface area contributed by atoms with Crippen LogP contribution in [0.5, 0.6) is 5.88 Å². The lowest BCUT2D eigenvalue weighted by Gasteiger charge is -2.17. The number of rotatable bonds is 9. The first kappa shape index (κ1) is 26.3. The molecule has 0 unspecified atom stereocenters. The molecule has 35 heavy (non-hydrogen) atoms. The van der Waals surface area contributed by atoms with Crippen LogP contribution >= 0.6 is 24.0 Å². The number of hydrogen-bond acceptors (Lipinski definition) is 8. The number of thioether (sulfide) groups is 1. The van der Waals surface area contributed by atoms with Crippen LogP contribution in [-0.4, -0.2) is 50.8 Å². The number of ketones is 1. The van der Waals surface area contributed by atoms with Gasteiger partial charge in [-0.05, 0) is 37.5 Å². The second-order valence-corrected chi connectivity index (χ2v) is 9.71. The number of thiocarbonyl (C=S) groups is 1. The molecule has 1 aliphatic heterocycles. The van der Waals surface area contributed by atoms with E-state index in [0.29, 0.717) is 22.3 Å². The highest BCUT2D eigenvalue weighted by Crippen LogP contribution is 2.33. The topological polar surface area (TPSA) is 113 Å². The number of Topliss-reactive ketones (excluding diaryl/α,β-unsaturated/α-hetero) is 1. The number of methoxy groups -OCH3 is 1. The highest BCUT2D eigenvalue weighted by molar-refractivity contribution is 8.26. The molecule has 0 spiro atoms. The van der Waals surface area contributed by atoms with Crippen LogP contribution in [0.3, 0.4) is 0 Å². The maximum atomic E-state index is 13.1. The third kappa shape index (κ3) is 5.70. The molecule has 0 bridgehead atoms. The number of nitriles is 1. The van der Waals surface area contributed by atoms with E-state index in [1.807, 2.05) is 37.3 Å². The van der Waals surface area contributed by atoms with Gasteiger partial charge in [0, 0.05) is 33.2 Å². The van der Waals surface area contributed by atoms with Gasteiger partial charge in [0.2, 0.25) is 5.88 Å². The summed E-state index contributed by atoms with van der Waals surface area (Å²) in [6.45, 7) is 3.88. The van der Waals surface area contributed by atoms with Gasteiger partial charge in [0.25, 0.3) is 11.5 Å². The summed E-state index contributed by atoms with van der Waals surface area (Å²) in [5.41, 5.74) is 1.14. The van der Waals surface area contributed by atoms with Gasteiger partial charge in [0.1, 0.15) is 16.0 Å². The number of nitrogens with zero attached hydrogens (tertiary/aromatic N) is 3. The first-order valence-corrected chi connectivity index (χ1v) is 12.1. The molecule has 0 saturated carbocycles. The molecule has 1 fully saturated rings. The van der Waals surface area contributed by atoms with Crippen molar-refractivity contribution in [1.82, 2.24) is 9.47 Å². The zero-order chi connectivity index (χ0) is 25.7. The summed E-state index contributed by atoms with van der Waals surface area (Å²) >= 11 is 6.52. The van der Waals surface area contributed by atoms with Crippen molar-refractivity contribution in [3.8, 4) is 11.9 Å². The minimum absolute atomic E-state index is 0.0122. The van der Waals surface area contributed by atoms with Gasteiger partial charge in [-0.2, -0.15) is 5.26 Å². The number of pyridine rings is 1. The van der Waals surface area contributed by atoms with Crippen LogP contribution in [0.2, 0.25) is 0 Å². The third-order valence-electron chi connectivity index (χ3n) is 5.62. The fourth-order valence-corrected chi connectivity index (χ4v) is 5.01. The van der Waals surface area contributed by atoms with Crippen molar-refractivity contribution >= 4 is 46.1 Å². The first-order chi connectivity index (χ1) is 16.7. The average Bonchev–Trinajstić information content (AvgIpc) is 3.08. The lowest BCUT2D eigenvalue weighted by Crippen LogP contribution is -2.31. The van der Waals surface area contributed by atoms with Gasteiger partial charge in [-0.1, -0.05) is 53.8 Å². The van der Waals surface area contributed by atoms with Crippen LogP contribution < -0.4 is 5.56 Å². The summed E-state index contributed by atoms with van der Waals surface area (Å²) in [5.74, 6) is -1.28. The van der Waals surface area contributed by atoms with Gasteiger partial charge in [0.05, 0.1) is 10.5 Å². The van der Waals surface area contributed by atoms with E-state index in [0.717, 1.165) is 27.5 Å². The molecule has 2 heterocycles. The highest BCUT2D eigenvalue weighted by Gasteiger charge is 2.33. The van der Waals surface area contributed by atoms with Crippen molar-refractivity contribution in [2.75, 3.05) is 20.3 Å². The maximum Gasteiger partial charge on any atom is 0.271 e. The van der Waals surface area contributed by atoms with Gasteiger partial charge in [0.15, 0.2) is 5.78 Å². The van der Waals surface area contributed by atoms with Crippen molar-refractivity contribution in [1.29, 1.82) is 5.26 Å². The SMILES string of the molecule is COCCCn1c(O)c(C(=O)CCN2C(=O)/C(=C/c3ccc(C)cc3)SC2=S)c(C)c(C#N)c1=O. The van der Waals surface area contributed by atoms with Crippen LogP contribution in [0.25, 0.3) is 6.08 Å². The summed E-state index contributed by atoms with van der Waals surface area (Å²) in [6, 6.07) is 9.55. The summed E-state index contributed by atoms with van der Waals surface area (Å²) in [6.07, 6.45) is 2.03. The smallest absolute Gasteiger partial charge is 0.271 e. The van der Waals surface area contributed by atoms with Crippen LogP contribution in [0.4, 0.5) is 0 Å². The van der Waals surface area contributed by atoms with Gasteiger partial charge in [-0.15, -0.1) is 0 Å². The zero-order valence-corrected chi connectivity index (χ0v) is 21.3. The van der Waals surface area contributed by atoms with E-state index in [1.54, 1.807) is 6.08 Å². The summed E-state index contributed by atoms with van der Waals surface area (Å²) in [7, 11) is 1.51. The lowest BCUT2D eigenvalue weighted by atomic mass is 9.99. The number of aromatic nitrogens is 1. The number of hydrogen-bond donors (Lipinski definition) is 1. The van der Waals surface area contributed by atoms with Crippen LogP contribution in [0.1, 0.15) is 45.5 Å². The van der Waals surface area contributed by atoms with E-state index in [-0.39, 0.29) is 42.1 Å². The monoisotopic (exact) mass is 511 g/mol. The Bertz CT molecular complexity index is 1310. The van der Waals surface area contributed by atoms with Crippen molar-refractivity contribution in [2.24, 2.45) is 0 Å². The standard InChI is InChI=1S/C25H25N3O5S2/c1-15-5-7-17(8-6-15)13-20-23(31)28(25(34)35-20)11-9-19(29)21-16(2)18(14-26)22(30)27(24(21)32)10-4-12-33-3/h5-8,13,32H,4,9-12H2,1-3H3/b20-13-. The Morgan fingerprint density at radius 1 is 1.23 bits per heavy atom. The van der Waals surface area contributed by atoms with Crippen molar-refractivity contribution in [3.63, 3.8) is 0 Å². The maximum absolute atomic E-state index is 13.1. The molecule has 10 heteroatoms. The van der Waals surface area contributed by atoms with E-state index in [2.05, 4.69) is 0 Å². The molecule has 3 rings (SSSR count). The van der Waals surface area contributed by atoms with Gasteiger partial charge < -0.3 is 9.84 Å². The first-order valence-electron chi connectivity index (χ1n) is 10.9. The van der Waals surface area contributed by atoms with Crippen molar-refractivity contribution in [2.45, 2.75) is 33.2 Å². The Balaban J connectivity index is 1.81. The third-order valence-corrected chi connectivity index (χ3v) is 7.00. The summed E-state index contributed by atoms with van der Waals surface area (Å²) in [4.78, 5) is 40.4. The number of aromatic hydroxyl groups is 1. The molecular formula is C25H25N3O5S2. The van der Waals surface area contributed by atoms with E-state index in [9.17, 15) is 24.8 Å². The number of amides is 1. The molecule has 0 radical (unpaired) electrons. The number of benzene rings is 1. The van der Waals surface area contributed by atoms with Crippen LogP contribution in [0.15, 0.2) is 34.0 Å². The fourth-order valence-electron chi connectivity index (χ4n) is 3.70. The number of ether oxygens (including phenoxy) is 1. The quantitative estimate of drug-likeness (QED) is 0.235. The summed E-state index contributed by atoms with van der Waals surface area (Å²) in [5, 5.41) is 20.2. The second-order valence-electron chi connectivity index (χ2n) is 8.03. The largest absolute Gasteiger partial charge is 0.494 e. The minimum Gasteiger partial charge on any atom is -0.494 e. The Labute approximate surface area is 212 Å². The minimum atomic E-state index is -0.659. The van der Waals surface area contributed by atoms with Crippen LogP contribution in [0, 0.1) is 25.2 Å². The molecule has 1 aromatic carbocycles. The average molecular weight is 512 g/mol. The molecule has 182 valence electrons. The molecule has 1 amide bonds. The Morgan fingerprint density at radius 2 is 1.91 bits per heavy atom. The fraction of sp³-hybridized carbons (Fsp3) is 0.320. The summed E-state index contributed by atoms with van der Waals surface area (Å²) < 4.78 is 6.34. The molecule has 0 aliphatic carbocycles. The van der Waals surface area contributed by atoms with Crippen molar-refractivity contribution < 1.29 is 19.4 Å². The van der Waals surface area contributed by atoms with E-state index < -0.39 is 17.2 Å². The highest BCUT2D eigenvalue weighted by atomic mass is 32.2. The Morgan fingerprint density at radius 3 is 2.54 bits per heavy atom.